The lowest BCUT2D eigenvalue weighted by Gasteiger charge is -2.08. The van der Waals surface area contributed by atoms with Crippen LogP contribution in [0.5, 0.6) is 0 Å². The second-order valence-corrected chi connectivity index (χ2v) is 4.26. The van der Waals surface area contributed by atoms with Crippen LogP contribution in [0.15, 0.2) is 29.1 Å². The van der Waals surface area contributed by atoms with E-state index in [2.05, 4.69) is 20.9 Å². The van der Waals surface area contributed by atoms with E-state index in [1.807, 2.05) is 12.1 Å². The van der Waals surface area contributed by atoms with Crippen molar-refractivity contribution in [2.24, 2.45) is 7.05 Å². The normalized spacial score (nSPS) is 12.3. The summed E-state index contributed by atoms with van der Waals surface area (Å²) in [5, 5.41) is 9.38. The molecule has 0 N–H and O–H groups in total. The number of halogens is 1. The molecular formula is C11H8BrN3O. The average Bonchev–Trinajstić information content (AvgIpc) is 2.33. The molecule has 0 aliphatic rings. The molecule has 1 unspecified atom stereocenters. The SMILES string of the molecule is Cn1c(C(Br)C#N)nc2ccccc2c1=O. The van der Waals surface area contributed by atoms with E-state index < -0.39 is 4.83 Å². The van der Waals surface area contributed by atoms with E-state index in [1.165, 1.54) is 4.57 Å². The van der Waals surface area contributed by atoms with Gasteiger partial charge in [0.2, 0.25) is 0 Å². The molecule has 1 aromatic carbocycles. The Morgan fingerprint density at radius 3 is 2.88 bits per heavy atom. The lowest BCUT2D eigenvalue weighted by Crippen LogP contribution is -2.22. The first-order chi connectivity index (χ1) is 7.65. The lowest BCUT2D eigenvalue weighted by atomic mass is 10.2. The molecular weight excluding hydrogens is 270 g/mol. The van der Waals surface area contributed by atoms with Gasteiger partial charge in [0.25, 0.3) is 5.56 Å². The van der Waals surface area contributed by atoms with Gasteiger partial charge in [0.05, 0.1) is 17.0 Å². The summed E-state index contributed by atoms with van der Waals surface area (Å²) in [4.78, 5) is 15.7. The number of alkyl halides is 1. The molecule has 16 heavy (non-hydrogen) atoms. The van der Waals surface area contributed by atoms with Crippen molar-refractivity contribution in [1.29, 1.82) is 5.26 Å². The summed E-state index contributed by atoms with van der Waals surface area (Å²) in [5.74, 6) is 0.422. The van der Waals surface area contributed by atoms with Gasteiger partial charge in [-0.15, -0.1) is 0 Å². The second kappa shape index (κ2) is 4.06. The summed E-state index contributed by atoms with van der Waals surface area (Å²) in [6.45, 7) is 0. The molecule has 0 spiro atoms. The van der Waals surface area contributed by atoms with Crippen molar-refractivity contribution in [1.82, 2.24) is 9.55 Å². The third-order valence-corrected chi connectivity index (χ3v) is 2.97. The number of hydrogen-bond acceptors (Lipinski definition) is 3. The molecule has 5 heteroatoms. The number of nitriles is 1. The minimum absolute atomic E-state index is 0.139. The third-order valence-electron chi connectivity index (χ3n) is 2.36. The predicted molar refractivity (Wildman–Crippen MR) is 64.3 cm³/mol. The Kier molecular flexibility index (Phi) is 2.75. The quantitative estimate of drug-likeness (QED) is 0.748. The zero-order chi connectivity index (χ0) is 11.7. The predicted octanol–water partition coefficient (Wildman–Crippen LogP) is 1.89. The molecule has 1 atom stereocenters. The third kappa shape index (κ3) is 1.61. The molecule has 0 radical (unpaired) electrons. The number of para-hydroxylation sites is 1. The molecule has 0 saturated carbocycles. The first-order valence-electron chi connectivity index (χ1n) is 4.64. The van der Waals surface area contributed by atoms with Crippen LogP contribution in [0.4, 0.5) is 0 Å². The van der Waals surface area contributed by atoms with E-state index in [9.17, 15) is 4.79 Å². The van der Waals surface area contributed by atoms with Crippen LogP contribution >= 0.6 is 15.9 Å². The van der Waals surface area contributed by atoms with Crippen LogP contribution in [0, 0.1) is 11.3 Å². The fraction of sp³-hybridized carbons (Fsp3) is 0.182. The van der Waals surface area contributed by atoms with Crippen molar-refractivity contribution >= 4 is 26.8 Å². The van der Waals surface area contributed by atoms with Gasteiger partial charge in [-0.2, -0.15) is 5.26 Å². The molecule has 1 heterocycles. The van der Waals surface area contributed by atoms with Gasteiger partial charge in [-0.25, -0.2) is 4.98 Å². The van der Waals surface area contributed by atoms with Crippen LogP contribution in [0.1, 0.15) is 10.7 Å². The Hall–Kier alpha value is -1.67. The molecule has 1 aromatic heterocycles. The first-order valence-corrected chi connectivity index (χ1v) is 5.56. The van der Waals surface area contributed by atoms with Crippen molar-refractivity contribution in [3.63, 3.8) is 0 Å². The van der Waals surface area contributed by atoms with Gasteiger partial charge in [-0.05, 0) is 12.1 Å². The van der Waals surface area contributed by atoms with Gasteiger partial charge < -0.3 is 0 Å². The molecule has 0 fully saturated rings. The van der Waals surface area contributed by atoms with Gasteiger partial charge in [-0.1, -0.05) is 28.1 Å². The van der Waals surface area contributed by atoms with Crippen molar-refractivity contribution in [2.45, 2.75) is 4.83 Å². The summed E-state index contributed by atoms with van der Waals surface area (Å²) in [5.41, 5.74) is 0.473. The Morgan fingerprint density at radius 2 is 2.19 bits per heavy atom. The maximum absolute atomic E-state index is 12.0. The summed E-state index contributed by atoms with van der Waals surface area (Å²) in [6.07, 6.45) is 0. The summed E-state index contributed by atoms with van der Waals surface area (Å²) in [6, 6.07) is 9.10. The van der Waals surface area contributed by atoms with Gasteiger partial charge in [0.15, 0.2) is 4.83 Å². The fourth-order valence-corrected chi connectivity index (χ4v) is 1.93. The number of fused-ring (bicyclic) bond motifs is 1. The minimum Gasteiger partial charge on any atom is -0.297 e. The highest BCUT2D eigenvalue weighted by Gasteiger charge is 2.14. The smallest absolute Gasteiger partial charge is 0.261 e. The standard InChI is InChI=1S/C11H8BrN3O/c1-15-10(8(12)6-13)14-9-5-3-2-4-7(9)11(15)16/h2-5,8H,1H3. The van der Waals surface area contributed by atoms with E-state index in [-0.39, 0.29) is 5.56 Å². The van der Waals surface area contributed by atoms with Crippen LogP contribution in [-0.2, 0) is 7.05 Å². The van der Waals surface area contributed by atoms with Crippen molar-refractivity contribution in [2.75, 3.05) is 0 Å². The zero-order valence-electron chi connectivity index (χ0n) is 8.51. The number of aromatic nitrogens is 2. The number of rotatable bonds is 1. The Bertz CT molecular complexity index is 642. The fourth-order valence-electron chi connectivity index (χ4n) is 1.52. The number of benzene rings is 1. The van der Waals surface area contributed by atoms with Gasteiger partial charge in [0, 0.05) is 7.05 Å². The molecule has 0 bridgehead atoms. The Labute approximate surface area is 100 Å². The summed E-state index contributed by atoms with van der Waals surface area (Å²) < 4.78 is 1.39. The maximum atomic E-state index is 12.0. The highest BCUT2D eigenvalue weighted by Crippen LogP contribution is 2.19. The van der Waals surface area contributed by atoms with Crippen molar-refractivity contribution in [3.05, 3.63) is 40.4 Å². The van der Waals surface area contributed by atoms with E-state index >= 15 is 0 Å². The monoisotopic (exact) mass is 277 g/mol. The highest BCUT2D eigenvalue weighted by molar-refractivity contribution is 9.09. The molecule has 4 nitrogen and oxygen atoms in total. The van der Waals surface area contributed by atoms with E-state index in [0.29, 0.717) is 16.7 Å². The first kappa shape index (κ1) is 10.8. The highest BCUT2D eigenvalue weighted by atomic mass is 79.9. The number of nitrogens with zero attached hydrogens (tertiary/aromatic N) is 3. The molecule has 80 valence electrons. The molecule has 2 rings (SSSR count). The molecule has 0 amide bonds. The van der Waals surface area contributed by atoms with Crippen LogP contribution in [-0.4, -0.2) is 9.55 Å². The molecule has 0 aliphatic heterocycles. The largest absolute Gasteiger partial charge is 0.297 e. The summed E-state index contributed by atoms with van der Waals surface area (Å²) in [7, 11) is 1.61. The van der Waals surface area contributed by atoms with Crippen LogP contribution < -0.4 is 5.56 Å². The van der Waals surface area contributed by atoms with Crippen molar-refractivity contribution in [3.8, 4) is 6.07 Å². The second-order valence-electron chi connectivity index (χ2n) is 3.34. The van der Waals surface area contributed by atoms with Gasteiger partial charge in [0.1, 0.15) is 5.82 Å². The van der Waals surface area contributed by atoms with E-state index in [1.54, 1.807) is 25.2 Å². The van der Waals surface area contributed by atoms with Crippen LogP contribution in [0.2, 0.25) is 0 Å². The zero-order valence-corrected chi connectivity index (χ0v) is 10.1. The maximum Gasteiger partial charge on any atom is 0.261 e. The topological polar surface area (TPSA) is 58.7 Å². The van der Waals surface area contributed by atoms with Gasteiger partial charge in [-0.3, -0.25) is 9.36 Å². The Balaban J connectivity index is 2.85. The lowest BCUT2D eigenvalue weighted by molar-refractivity contribution is 0.770. The van der Waals surface area contributed by atoms with Gasteiger partial charge >= 0.3 is 0 Å². The van der Waals surface area contributed by atoms with Crippen LogP contribution in [0.25, 0.3) is 10.9 Å². The van der Waals surface area contributed by atoms with Crippen molar-refractivity contribution < 1.29 is 0 Å². The summed E-state index contributed by atoms with van der Waals surface area (Å²) >= 11 is 3.17. The molecule has 0 saturated heterocycles. The van der Waals surface area contributed by atoms with E-state index in [0.717, 1.165) is 0 Å². The average molecular weight is 278 g/mol. The number of hydrogen-bond donors (Lipinski definition) is 0. The van der Waals surface area contributed by atoms with E-state index in [4.69, 9.17) is 5.26 Å². The molecule has 0 aliphatic carbocycles. The Morgan fingerprint density at radius 1 is 1.50 bits per heavy atom. The minimum atomic E-state index is -0.574. The molecule has 2 aromatic rings. The van der Waals surface area contributed by atoms with Crippen LogP contribution in [0.3, 0.4) is 0 Å².